The molecule has 3 aromatic carbocycles. The maximum Gasteiger partial charge on any atom is 0.344 e. The quantitative estimate of drug-likeness (QED) is 0.275. The molecule has 0 aliphatic rings. The van der Waals surface area contributed by atoms with Crippen molar-refractivity contribution in [2.75, 3.05) is 21.3 Å². The van der Waals surface area contributed by atoms with Crippen molar-refractivity contribution in [1.29, 1.82) is 0 Å². The Morgan fingerprint density at radius 2 is 1.49 bits per heavy atom. The molecule has 0 spiro atoms. The van der Waals surface area contributed by atoms with Crippen molar-refractivity contribution in [2.24, 2.45) is 0 Å². The summed E-state index contributed by atoms with van der Waals surface area (Å²) in [6.45, 7) is 0. The van der Waals surface area contributed by atoms with Gasteiger partial charge in [-0.05, 0) is 42.5 Å². The van der Waals surface area contributed by atoms with E-state index in [4.69, 9.17) is 23.4 Å². The Kier molecular flexibility index (Phi) is 6.11. The van der Waals surface area contributed by atoms with Crippen LogP contribution in [0.15, 0.2) is 57.7 Å². The molecule has 10 nitrogen and oxygen atoms in total. The number of rotatable bonds is 6. The van der Waals surface area contributed by atoms with Gasteiger partial charge in [0.15, 0.2) is 28.8 Å². The lowest BCUT2D eigenvalue weighted by Crippen LogP contribution is -2.16. The normalized spacial score (nSPS) is 10.7. The summed E-state index contributed by atoms with van der Waals surface area (Å²) in [6.07, 6.45) is 0. The van der Waals surface area contributed by atoms with Crippen molar-refractivity contribution in [3.05, 3.63) is 64.3 Å². The lowest BCUT2D eigenvalue weighted by atomic mass is 10.1. The standard InChI is InChI=1S/C25H20O10/c1-31-19-9-13(10-20(32-2)23(19)33-3)25(30)35-24-21(29)15-6-5-14(26)11-18(15)34-22(24)12-4-7-16(27)17(28)8-12/h4-11,26-28H,1-3H3. The number of phenols is 3. The second-order valence-corrected chi connectivity index (χ2v) is 7.28. The van der Waals surface area contributed by atoms with Gasteiger partial charge in [-0.25, -0.2) is 4.79 Å². The van der Waals surface area contributed by atoms with Crippen molar-refractivity contribution in [3.63, 3.8) is 0 Å². The van der Waals surface area contributed by atoms with Gasteiger partial charge in [-0.3, -0.25) is 4.79 Å². The molecule has 1 heterocycles. The minimum absolute atomic E-state index is 0.00999. The Labute approximate surface area is 198 Å². The molecule has 0 aliphatic heterocycles. The number of ether oxygens (including phenoxy) is 4. The minimum Gasteiger partial charge on any atom is -0.508 e. The Balaban J connectivity index is 1.89. The zero-order valence-electron chi connectivity index (χ0n) is 18.8. The maximum atomic E-state index is 13.3. The van der Waals surface area contributed by atoms with Crippen LogP contribution in [0.1, 0.15) is 10.4 Å². The molecule has 4 aromatic rings. The van der Waals surface area contributed by atoms with E-state index in [-0.39, 0.29) is 50.9 Å². The van der Waals surface area contributed by atoms with Crippen LogP contribution in [0.2, 0.25) is 0 Å². The number of hydrogen-bond acceptors (Lipinski definition) is 10. The third-order valence-electron chi connectivity index (χ3n) is 5.17. The van der Waals surface area contributed by atoms with Crippen molar-refractivity contribution < 1.29 is 43.5 Å². The van der Waals surface area contributed by atoms with Crippen LogP contribution < -0.4 is 24.4 Å². The zero-order valence-corrected chi connectivity index (χ0v) is 18.8. The van der Waals surface area contributed by atoms with Crippen molar-refractivity contribution in [1.82, 2.24) is 0 Å². The van der Waals surface area contributed by atoms with Crippen LogP contribution >= 0.6 is 0 Å². The lowest BCUT2D eigenvalue weighted by molar-refractivity contribution is 0.0730. The molecule has 0 fully saturated rings. The second-order valence-electron chi connectivity index (χ2n) is 7.28. The molecule has 0 saturated heterocycles. The highest BCUT2D eigenvalue weighted by Crippen LogP contribution is 2.40. The first-order valence-electron chi connectivity index (χ1n) is 10.1. The molecule has 0 aliphatic carbocycles. The van der Waals surface area contributed by atoms with Crippen LogP contribution in [0, 0.1) is 0 Å². The molecule has 0 radical (unpaired) electrons. The van der Waals surface area contributed by atoms with Crippen molar-refractivity contribution in [3.8, 4) is 51.6 Å². The monoisotopic (exact) mass is 480 g/mol. The molecule has 35 heavy (non-hydrogen) atoms. The number of benzene rings is 3. The van der Waals surface area contributed by atoms with Gasteiger partial charge in [-0.2, -0.15) is 0 Å². The van der Waals surface area contributed by atoms with Crippen molar-refractivity contribution >= 4 is 16.9 Å². The topological polar surface area (TPSA) is 145 Å². The maximum absolute atomic E-state index is 13.3. The molecule has 0 amide bonds. The molecule has 0 saturated carbocycles. The number of esters is 1. The molecule has 3 N–H and O–H groups in total. The summed E-state index contributed by atoms with van der Waals surface area (Å²) in [4.78, 5) is 26.4. The predicted molar refractivity (Wildman–Crippen MR) is 124 cm³/mol. The van der Waals surface area contributed by atoms with Crippen LogP contribution in [0.5, 0.6) is 40.2 Å². The van der Waals surface area contributed by atoms with Gasteiger partial charge in [-0.1, -0.05) is 0 Å². The zero-order chi connectivity index (χ0) is 25.3. The van der Waals surface area contributed by atoms with Crippen LogP contribution in [-0.4, -0.2) is 42.6 Å². The van der Waals surface area contributed by atoms with Crippen LogP contribution in [0.25, 0.3) is 22.3 Å². The number of fused-ring (bicyclic) bond motifs is 1. The van der Waals surface area contributed by atoms with E-state index in [9.17, 15) is 24.9 Å². The fraction of sp³-hybridized carbons (Fsp3) is 0.120. The molecule has 10 heteroatoms. The van der Waals surface area contributed by atoms with E-state index in [0.717, 1.165) is 6.07 Å². The Bertz CT molecular complexity index is 1480. The SMILES string of the molecule is COc1cc(C(=O)Oc2c(-c3ccc(O)c(O)c3)oc3cc(O)ccc3c2=O)cc(OC)c1OC. The highest BCUT2D eigenvalue weighted by atomic mass is 16.5. The second kappa shape index (κ2) is 9.18. The summed E-state index contributed by atoms with van der Waals surface area (Å²) in [5.41, 5.74) is -0.556. The molecule has 0 atom stereocenters. The summed E-state index contributed by atoms with van der Waals surface area (Å²) in [5, 5.41) is 29.5. The highest BCUT2D eigenvalue weighted by molar-refractivity contribution is 5.94. The number of carbonyl (C=O) groups is 1. The summed E-state index contributed by atoms with van der Waals surface area (Å²) in [7, 11) is 4.18. The van der Waals surface area contributed by atoms with Crippen LogP contribution in [0.3, 0.4) is 0 Å². The Hall–Kier alpha value is -4.86. The smallest absolute Gasteiger partial charge is 0.344 e. The van der Waals surface area contributed by atoms with Gasteiger partial charge in [0.1, 0.15) is 11.3 Å². The van der Waals surface area contributed by atoms with Gasteiger partial charge in [-0.15, -0.1) is 0 Å². The van der Waals surface area contributed by atoms with Crippen molar-refractivity contribution in [2.45, 2.75) is 0 Å². The third kappa shape index (κ3) is 4.24. The van der Waals surface area contributed by atoms with Gasteiger partial charge in [0, 0.05) is 11.6 Å². The number of hydrogen-bond donors (Lipinski definition) is 3. The molecule has 0 bridgehead atoms. The number of methoxy groups -OCH3 is 3. The van der Waals surface area contributed by atoms with Gasteiger partial charge in [0.05, 0.1) is 32.3 Å². The number of aromatic hydroxyl groups is 3. The third-order valence-corrected chi connectivity index (χ3v) is 5.17. The summed E-state index contributed by atoms with van der Waals surface area (Å²) in [6, 6.07) is 10.2. The van der Waals surface area contributed by atoms with E-state index in [1.165, 1.54) is 63.8 Å². The fourth-order valence-electron chi connectivity index (χ4n) is 3.46. The summed E-state index contributed by atoms with van der Waals surface area (Å²) in [5.74, 6) is -1.98. The van der Waals surface area contributed by atoms with E-state index < -0.39 is 28.6 Å². The first kappa shape index (κ1) is 23.3. The molecule has 180 valence electrons. The average molecular weight is 480 g/mol. The van der Waals surface area contributed by atoms with Gasteiger partial charge >= 0.3 is 5.97 Å². The highest BCUT2D eigenvalue weighted by Gasteiger charge is 2.24. The van der Waals surface area contributed by atoms with Gasteiger partial charge in [0.25, 0.3) is 0 Å². The average Bonchev–Trinajstić information content (AvgIpc) is 2.85. The summed E-state index contributed by atoms with van der Waals surface area (Å²) < 4.78 is 27.1. The van der Waals surface area contributed by atoms with Gasteiger partial charge in [0.2, 0.25) is 16.9 Å². The molecular weight excluding hydrogens is 460 g/mol. The molecule has 4 rings (SSSR count). The van der Waals surface area contributed by atoms with E-state index in [1.807, 2.05) is 0 Å². The van der Waals surface area contributed by atoms with E-state index in [1.54, 1.807) is 0 Å². The van der Waals surface area contributed by atoms with Gasteiger partial charge < -0.3 is 38.7 Å². The molecule has 0 unspecified atom stereocenters. The number of carbonyl (C=O) groups excluding carboxylic acids is 1. The van der Waals surface area contributed by atoms with E-state index >= 15 is 0 Å². The first-order chi connectivity index (χ1) is 16.8. The van der Waals surface area contributed by atoms with E-state index in [0.29, 0.717) is 0 Å². The first-order valence-corrected chi connectivity index (χ1v) is 10.1. The minimum atomic E-state index is -0.932. The Morgan fingerprint density at radius 1 is 0.800 bits per heavy atom. The van der Waals surface area contributed by atoms with Crippen LogP contribution in [-0.2, 0) is 0 Å². The Morgan fingerprint density at radius 3 is 2.09 bits per heavy atom. The predicted octanol–water partition coefficient (Wildman–Crippen LogP) is 3.82. The fourth-order valence-corrected chi connectivity index (χ4v) is 3.46. The lowest BCUT2D eigenvalue weighted by Gasteiger charge is -2.14. The molecule has 1 aromatic heterocycles. The van der Waals surface area contributed by atoms with Crippen LogP contribution in [0.4, 0.5) is 0 Å². The summed E-state index contributed by atoms with van der Waals surface area (Å²) >= 11 is 0. The van der Waals surface area contributed by atoms with E-state index in [2.05, 4.69) is 0 Å². The largest absolute Gasteiger partial charge is 0.508 e. The number of phenolic OH excluding ortho intramolecular Hbond substituents is 3. The molecular formula is C25H20O10.